The Labute approximate surface area is 204 Å². The van der Waals surface area contributed by atoms with Gasteiger partial charge in [-0.1, -0.05) is 25.9 Å². The molecule has 1 aromatic rings. The summed E-state index contributed by atoms with van der Waals surface area (Å²) in [6, 6.07) is 2.22. The van der Waals surface area contributed by atoms with Gasteiger partial charge in [0, 0.05) is 37.2 Å². The van der Waals surface area contributed by atoms with Gasteiger partial charge >= 0.3 is 0 Å². The van der Waals surface area contributed by atoms with E-state index in [1.165, 1.54) is 0 Å². The summed E-state index contributed by atoms with van der Waals surface area (Å²) in [7, 11) is -3.27. The fraction of sp³-hybridized carbons (Fsp3) is 0.840. The van der Waals surface area contributed by atoms with E-state index in [0.29, 0.717) is 49.0 Å². The lowest BCUT2D eigenvalue weighted by atomic mass is 9.86. The summed E-state index contributed by atoms with van der Waals surface area (Å²) in [6.45, 7) is 8.73. The highest BCUT2D eigenvalue weighted by atomic mass is 32.2. The van der Waals surface area contributed by atoms with Crippen LogP contribution in [0.1, 0.15) is 101 Å². The molecule has 192 valence electrons. The molecule has 2 saturated carbocycles. The van der Waals surface area contributed by atoms with E-state index < -0.39 is 10.0 Å². The molecule has 4 rings (SSSR count). The largest absolute Gasteiger partial charge is 0.360 e. The molecule has 2 heterocycles. The Bertz CT molecular complexity index is 919. The number of nitrogens with one attached hydrogen (secondary N) is 2. The first-order chi connectivity index (χ1) is 16.1. The van der Waals surface area contributed by atoms with Gasteiger partial charge in [0.15, 0.2) is 5.69 Å². The number of nitrogens with zero attached hydrogens (tertiary/aromatic N) is 2. The van der Waals surface area contributed by atoms with Crippen molar-refractivity contribution in [3.05, 3.63) is 17.5 Å². The molecule has 9 heteroatoms. The van der Waals surface area contributed by atoms with Crippen molar-refractivity contribution < 1.29 is 17.7 Å². The zero-order valence-electron chi connectivity index (χ0n) is 21.0. The molecule has 0 unspecified atom stereocenters. The standard InChI is InChI=1S/C25H42N4O4S/c1-25(2,3)12-13-26-20-8-4-18(5-9-20)17-34(31,32)29-14-10-21(11-15-29)27-24(30)22-16-23(33-28-22)19-6-7-19/h16,18-21,26H,4-15,17H2,1-3H3,(H,27,30). The number of carbonyl (C=O) groups is 1. The SMILES string of the molecule is CC(C)(C)CCNC1CCC(CS(=O)(=O)N2CCC(NC(=O)c3cc(C4CC4)on3)CC2)CC1. The van der Waals surface area contributed by atoms with Crippen molar-refractivity contribution in [3.8, 4) is 0 Å². The highest BCUT2D eigenvalue weighted by Crippen LogP contribution is 2.40. The van der Waals surface area contributed by atoms with Crippen LogP contribution in [-0.2, 0) is 10.0 Å². The van der Waals surface area contributed by atoms with Crippen LogP contribution < -0.4 is 10.6 Å². The minimum absolute atomic E-state index is 0.0327. The maximum Gasteiger partial charge on any atom is 0.273 e. The number of hydrogen-bond donors (Lipinski definition) is 2. The zero-order chi connectivity index (χ0) is 24.3. The summed E-state index contributed by atoms with van der Waals surface area (Å²) < 4.78 is 33.0. The van der Waals surface area contributed by atoms with Crippen LogP contribution >= 0.6 is 0 Å². The average Bonchev–Trinajstić information content (AvgIpc) is 3.50. The van der Waals surface area contributed by atoms with Crippen LogP contribution in [0.3, 0.4) is 0 Å². The molecule has 2 aliphatic carbocycles. The molecule has 0 spiro atoms. The van der Waals surface area contributed by atoms with E-state index >= 15 is 0 Å². The van der Waals surface area contributed by atoms with E-state index in [1.807, 2.05) is 0 Å². The number of aromatic nitrogens is 1. The van der Waals surface area contributed by atoms with E-state index in [4.69, 9.17) is 4.52 Å². The van der Waals surface area contributed by atoms with Gasteiger partial charge in [-0.3, -0.25) is 4.79 Å². The Morgan fingerprint density at radius 1 is 1.06 bits per heavy atom. The number of sulfonamides is 1. The second kappa shape index (κ2) is 10.7. The van der Waals surface area contributed by atoms with Gasteiger partial charge in [0.05, 0.1) is 5.75 Å². The Hall–Kier alpha value is -1.45. The normalized spacial score (nSPS) is 25.4. The Morgan fingerprint density at radius 2 is 1.74 bits per heavy atom. The molecule has 8 nitrogen and oxygen atoms in total. The van der Waals surface area contributed by atoms with Gasteiger partial charge in [-0.25, -0.2) is 12.7 Å². The van der Waals surface area contributed by atoms with Crippen LogP contribution in [0.5, 0.6) is 0 Å². The molecule has 0 radical (unpaired) electrons. The summed E-state index contributed by atoms with van der Waals surface area (Å²) in [5.41, 5.74) is 0.657. The third kappa shape index (κ3) is 7.28. The summed E-state index contributed by atoms with van der Waals surface area (Å²) in [5.74, 6) is 1.48. The van der Waals surface area contributed by atoms with Gasteiger partial charge in [-0.2, -0.15) is 0 Å². The molecule has 2 N–H and O–H groups in total. The quantitative estimate of drug-likeness (QED) is 0.543. The minimum atomic E-state index is -3.27. The van der Waals surface area contributed by atoms with Crippen LogP contribution in [-0.4, -0.2) is 61.3 Å². The lowest BCUT2D eigenvalue weighted by Gasteiger charge is -2.34. The van der Waals surface area contributed by atoms with Crippen molar-refractivity contribution >= 4 is 15.9 Å². The molecule has 34 heavy (non-hydrogen) atoms. The van der Waals surface area contributed by atoms with Gasteiger partial charge in [-0.05, 0) is 75.7 Å². The van der Waals surface area contributed by atoms with Crippen molar-refractivity contribution in [2.75, 3.05) is 25.4 Å². The molecule has 0 atom stereocenters. The fourth-order valence-corrected chi connectivity index (χ4v) is 6.99. The molecule has 0 bridgehead atoms. The van der Waals surface area contributed by atoms with Gasteiger partial charge in [0.25, 0.3) is 5.91 Å². The number of rotatable bonds is 9. The van der Waals surface area contributed by atoms with E-state index in [0.717, 1.165) is 57.3 Å². The molecule has 3 fully saturated rings. The first-order valence-electron chi connectivity index (χ1n) is 13.1. The van der Waals surface area contributed by atoms with Crippen molar-refractivity contribution in [1.29, 1.82) is 0 Å². The second-order valence-corrected chi connectivity index (χ2v) is 13.8. The van der Waals surface area contributed by atoms with Gasteiger partial charge in [-0.15, -0.1) is 0 Å². The highest BCUT2D eigenvalue weighted by Gasteiger charge is 2.33. The van der Waals surface area contributed by atoms with Gasteiger partial charge in [0.1, 0.15) is 5.76 Å². The van der Waals surface area contributed by atoms with Gasteiger partial charge < -0.3 is 15.2 Å². The number of amides is 1. The molecule has 0 aromatic carbocycles. The molecule has 1 saturated heterocycles. The third-order valence-corrected chi connectivity index (χ3v) is 9.57. The van der Waals surface area contributed by atoms with Gasteiger partial charge in [0.2, 0.25) is 10.0 Å². The molecule has 3 aliphatic rings. The van der Waals surface area contributed by atoms with E-state index in [-0.39, 0.29) is 23.6 Å². The summed E-state index contributed by atoms with van der Waals surface area (Å²) >= 11 is 0. The predicted molar refractivity (Wildman–Crippen MR) is 132 cm³/mol. The van der Waals surface area contributed by atoms with Crippen LogP contribution in [0.15, 0.2) is 10.6 Å². The first-order valence-corrected chi connectivity index (χ1v) is 14.7. The van der Waals surface area contributed by atoms with E-state index in [1.54, 1.807) is 10.4 Å². The third-order valence-electron chi connectivity index (χ3n) is 7.52. The van der Waals surface area contributed by atoms with Crippen LogP contribution in [0.2, 0.25) is 0 Å². The highest BCUT2D eigenvalue weighted by molar-refractivity contribution is 7.89. The molecule has 1 aromatic heterocycles. The summed E-state index contributed by atoms with van der Waals surface area (Å²) in [4.78, 5) is 12.5. The number of piperidine rings is 1. The Balaban J connectivity index is 1.16. The summed E-state index contributed by atoms with van der Waals surface area (Å²) in [5, 5.41) is 10.6. The minimum Gasteiger partial charge on any atom is -0.360 e. The summed E-state index contributed by atoms with van der Waals surface area (Å²) in [6.07, 6.45) is 8.66. The Kier molecular flexibility index (Phi) is 8.04. The monoisotopic (exact) mass is 494 g/mol. The van der Waals surface area contributed by atoms with Crippen molar-refractivity contribution in [2.24, 2.45) is 11.3 Å². The number of carbonyl (C=O) groups excluding carboxylic acids is 1. The topological polar surface area (TPSA) is 105 Å². The van der Waals surface area contributed by atoms with Crippen molar-refractivity contribution in [1.82, 2.24) is 20.1 Å². The average molecular weight is 495 g/mol. The van der Waals surface area contributed by atoms with Crippen molar-refractivity contribution in [2.45, 2.75) is 96.6 Å². The van der Waals surface area contributed by atoms with E-state index in [9.17, 15) is 13.2 Å². The van der Waals surface area contributed by atoms with Crippen LogP contribution in [0.25, 0.3) is 0 Å². The lowest BCUT2D eigenvalue weighted by Crippen LogP contribution is -2.48. The Morgan fingerprint density at radius 3 is 2.35 bits per heavy atom. The second-order valence-electron chi connectivity index (χ2n) is 11.8. The maximum absolute atomic E-state index is 13.0. The van der Waals surface area contributed by atoms with E-state index in [2.05, 4.69) is 36.6 Å². The lowest BCUT2D eigenvalue weighted by molar-refractivity contribution is 0.0914. The van der Waals surface area contributed by atoms with Crippen LogP contribution in [0.4, 0.5) is 0 Å². The van der Waals surface area contributed by atoms with Crippen LogP contribution in [0, 0.1) is 11.3 Å². The fourth-order valence-electron chi connectivity index (χ4n) is 5.08. The molecule has 1 amide bonds. The van der Waals surface area contributed by atoms with Crippen molar-refractivity contribution in [3.63, 3.8) is 0 Å². The number of hydrogen-bond acceptors (Lipinski definition) is 6. The predicted octanol–water partition coefficient (Wildman–Crippen LogP) is 3.66. The molecular weight excluding hydrogens is 452 g/mol. The maximum atomic E-state index is 13.0. The zero-order valence-corrected chi connectivity index (χ0v) is 21.8. The smallest absolute Gasteiger partial charge is 0.273 e. The molecule has 1 aliphatic heterocycles. The molecular formula is C25H42N4O4S. The first kappa shape index (κ1) is 25.6.